The SMILES string of the molecule is COc1cc(C)c(/C=C/C(C)=C/C=C/C(C)=C/C(=O)Nc2ccc(O)c(OC(F)(F)F)c2)c(C)c1C. The van der Waals surface area contributed by atoms with Gasteiger partial charge < -0.3 is 19.9 Å². The summed E-state index contributed by atoms with van der Waals surface area (Å²) in [4.78, 5) is 12.2. The number of aromatic hydroxyl groups is 1. The van der Waals surface area contributed by atoms with Crippen LogP contribution in [0.3, 0.4) is 0 Å². The average Bonchev–Trinajstić information content (AvgIpc) is 2.77. The molecule has 0 unspecified atom stereocenters. The van der Waals surface area contributed by atoms with Crippen molar-refractivity contribution < 1.29 is 32.5 Å². The van der Waals surface area contributed by atoms with Gasteiger partial charge in [-0.25, -0.2) is 0 Å². The van der Waals surface area contributed by atoms with E-state index in [2.05, 4.69) is 23.1 Å². The van der Waals surface area contributed by atoms with Crippen LogP contribution < -0.4 is 14.8 Å². The van der Waals surface area contributed by atoms with Gasteiger partial charge in [-0.05, 0) is 80.6 Å². The van der Waals surface area contributed by atoms with Gasteiger partial charge in [-0.3, -0.25) is 4.79 Å². The zero-order chi connectivity index (χ0) is 27.0. The number of aryl methyl sites for hydroxylation is 1. The van der Waals surface area contributed by atoms with Crippen LogP contribution in [-0.2, 0) is 4.79 Å². The monoisotopic (exact) mass is 501 g/mol. The molecule has 8 heteroatoms. The van der Waals surface area contributed by atoms with E-state index < -0.39 is 23.8 Å². The summed E-state index contributed by atoms with van der Waals surface area (Å²) in [5.41, 5.74) is 6.17. The predicted molar refractivity (Wildman–Crippen MR) is 136 cm³/mol. The van der Waals surface area contributed by atoms with Crippen LogP contribution in [0.4, 0.5) is 18.9 Å². The summed E-state index contributed by atoms with van der Waals surface area (Å²) in [6.07, 6.45) is 5.83. The quantitative estimate of drug-likeness (QED) is 0.226. The van der Waals surface area contributed by atoms with E-state index in [1.165, 1.54) is 12.1 Å². The second-order valence-corrected chi connectivity index (χ2v) is 8.27. The summed E-state index contributed by atoms with van der Waals surface area (Å²) in [5, 5.41) is 12.0. The fourth-order valence-electron chi connectivity index (χ4n) is 3.39. The number of carbonyl (C=O) groups excluding carboxylic acids is 1. The number of amides is 1. The minimum absolute atomic E-state index is 0.0466. The Bertz CT molecular complexity index is 1240. The van der Waals surface area contributed by atoms with Gasteiger partial charge >= 0.3 is 6.36 Å². The molecule has 0 radical (unpaired) electrons. The molecule has 0 heterocycles. The Morgan fingerprint density at radius 2 is 1.69 bits per heavy atom. The minimum atomic E-state index is -4.96. The van der Waals surface area contributed by atoms with Crippen molar-refractivity contribution >= 4 is 17.7 Å². The number of halogens is 3. The molecule has 5 nitrogen and oxygen atoms in total. The number of benzene rings is 2. The van der Waals surface area contributed by atoms with Crippen molar-refractivity contribution in [1.29, 1.82) is 0 Å². The Labute approximate surface area is 209 Å². The van der Waals surface area contributed by atoms with Crippen LogP contribution in [0.15, 0.2) is 65.8 Å². The Morgan fingerprint density at radius 1 is 1.00 bits per heavy atom. The summed E-state index contributed by atoms with van der Waals surface area (Å²) in [7, 11) is 1.66. The maximum Gasteiger partial charge on any atom is 0.573 e. The van der Waals surface area contributed by atoms with E-state index in [0.717, 1.165) is 45.7 Å². The molecule has 2 N–H and O–H groups in total. The van der Waals surface area contributed by atoms with Gasteiger partial charge in [0.25, 0.3) is 0 Å². The van der Waals surface area contributed by atoms with Crippen molar-refractivity contribution in [2.45, 2.75) is 41.0 Å². The highest BCUT2D eigenvalue weighted by Gasteiger charge is 2.32. The lowest BCUT2D eigenvalue weighted by Gasteiger charge is -2.13. The zero-order valence-electron chi connectivity index (χ0n) is 21.1. The van der Waals surface area contributed by atoms with Crippen LogP contribution in [0.25, 0.3) is 6.08 Å². The highest BCUT2D eigenvalue weighted by atomic mass is 19.4. The first-order valence-electron chi connectivity index (χ1n) is 11.1. The lowest BCUT2D eigenvalue weighted by atomic mass is 9.96. The average molecular weight is 502 g/mol. The summed E-state index contributed by atoms with van der Waals surface area (Å²) in [6.45, 7) is 9.80. The standard InChI is InChI=1S/C28H30F3NO4/c1-17(10-12-23-19(3)15-25(35-6)21(5)20(23)4)8-7-9-18(2)14-27(34)32-22-11-13-24(33)26(16-22)36-28(29,30)31/h7-16,33H,1-6H3,(H,32,34)/b9-7+,12-10+,17-8+,18-14+. The molecular weight excluding hydrogens is 471 g/mol. The molecule has 0 saturated carbocycles. The molecule has 0 fully saturated rings. The zero-order valence-corrected chi connectivity index (χ0v) is 21.1. The maximum absolute atomic E-state index is 12.4. The molecule has 0 aliphatic heterocycles. The largest absolute Gasteiger partial charge is 0.573 e. The summed E-state index contributed by atoms with van der Waals surface area (Å²) in [5.74, 6) is -1.17. The molecule has 2 aromatic rings. The van der Waals surface area contributed by atoms with Crippen LogP contribution in [0.2, 0.25) is 0 Å². The Balaban J connectivity index is 2.05. The number of phenols is 1. The molecule has 2 aromatic carbocycles. The lowest BCUT2D eigenvalue weighted by Crippen LogP contribution is -2.17. The molecule has 36 heavy (non-hydrogen) atoms. The number of alkyl halides is 3. The second kappa shape index (κ2) is 12.2. The number of methoxy groups -OCH3 is 1. The highest BCUT2D eigenvalue weighted by Crippen LogP contribution is 2.33. The van der Waals surface area contributed by atoms with Crippen molar-refractivity contribution in [2.75, 3.05) is 12.4 Å². The summed E-state index contributed by atoms with van der Waals surface area (Å²) < 4.78 is 46.4. The Morgan fingerprint density at radius 3 is 2.33 bits per heavy atom. The highest BCUT2D eigenvalue weighted by molar-refractivity contribution is 6.00. The third-order valence-corrected chi connectivity index (χ3v) is 5.37. The Hall–Kier alpha value is -3.94. The number of rotatable bonds is 8. The lowest BCUT2D eigenvalue weighted by molar-refractivity contribution is -0.275. The van der Waals surface area contributed by atoms with Crippen molar-refractivity contribution in [3.63, 3.8) is 0 Å². The van der Waals surface area contributed by atoms with Crippen molar-refractivity contribution in [2.24, 2.45) is 0 Å². The number of allylic oxidation sites excluding steroid dienone is 6. The first kappa shape index (κ1) is 28.3. The third kappa shape index (κ3) is 8.37. The Kier molecular flexibility index (Phi) is 9.55. The molecule has 192 valence electrons. The van der Waals surface area contributed by atoms with E-state index in [0.29, 0.717) is 5.57 Å². The number of nitrogens with one attached hydrogen (secondary N) is 1. The molecular formula is C28H30F3NO4. The molecule has 0 spiro atoms. The van der Waals surface area contributed by atoms with Gasteiger partial charge in [0.15, 0.2) is 11.5 Å². The van der Waals surface area contributed by atoms with E-state index in [9.17, 15) is 23.1 Å². The molecule has 0 atom stereocenters. The fraction of sp³-hybridized carbons (Fsp3) is 0.250. The van der Waals surface area contributed by atoms with Gasteiger partial charge in [0.2, 0.25) is 5.91 Å². The molecule has 0 aliphatic rings. The minimum Gasteiger partial charge on any atom is -0.504 e. The molecule has 0 aromatic heterocycles. The number of carbonyl (C=O) groups is 1. The van der Waals surface area contributed by atoms with Gasteiger partial charge in [-0.1, -0.05) is 36.0 Å². The van der Waals surface area contributed by atoms with Gasteiger partial charge in [-0.2, -0.15) is 0 Å². The number of hydrogen-bond donors (Lipinski definition) is 2. The number of ether oxygens (including phenoxy) is 2. The summed E-state index contributed by atoms with van der Waals surface area (Å²) in [6, 6.07) is 5.18. The number of hydrogen-bond acceptors (Lipinski definition) is 4. The van der Waals surface area contributed by atoms with Crippen molar-refractivity contribution in [1.82, 2.24) is 0 Å². The fourth-order valence-corrected chi connectivity index (χ4v) is 3.39. The first-order chi connectivity index (χ1) is 16.8. The topological polar surface area (TPSA) is 67.8 Å². The van der Waals surface area contributed by atoms with E-state index in [4.69, 9.17) is 4.74 Å². The van der Waals surface area contributed by atoms with E-state index >= 15 is 0 Å². The molecule has 1 amide bonds. The van der Waals surface area contributed by atoms with Gasteiger partial charge in [0, 0.05) is 17.8 Å². The second-order valence-electron chi connectivity index (χ2n) is 8.27. The number of anilines is 1. The third-order valence-electron chi connectivity index (χ3n) is 5.37. The normalized spacial score (nSPS) is 12.9. The maximum atomic E-state index is 12.4. The van der Waals surface area contributed by atoms with Crippen LogP contribution >= 0.6 is 0 Å². The van der Waals surface area contributed by atoms with E-state index in [1.807, 2.05) is 39.0 Å². The van der Waals surface area contributed by atoms with Gasteiger partial charge in [0.05, 0.1) is 7.11 Å². The van der Waals surface area contributed by atoms with Crippen molar-refractivity contribution in [3.05, 3.63) is 88.0 Å². The molecule has 2 rings (SSSR count). The molecule has 0 bridgehead atoms. The van der Waals surface area contributed by atoms with Crippen LogP contribution in [0.1, 0.15) is 36.1 Å². The van der Waals surface area contributed by atoms with E-state index in [-0.39, 0.29) is 5.69 Å². The van der Waals surface area contributed by atoms with Crippen LogP contribution in [-0.4, -0.2) is 24.5 Å². The molecule has 0 saturated heterocycles. The van der Waals surface area contributed by atoms with Gasteiger partial charge in [-0.15, -0.1) is 13.2 Å². The predicted octanol–water partition coefficient (Wildman–Crippen LogP) is 7.33. The van der Waals surface area contributed by atoms with Crippen molar-refractivity contribution in [3.8, 4) is 17.2 Å². The summed E-state index contributed by atoms with van der Waals surface area (Å²) >= 11 is 0. The number of phenolic OH excluding ortho intramolecular Hbond substituents is 1. The van der Waals surface area contributed by atoms with E-state index in [1.54, 1.807) is 26.2 Å². The smallest absolute Gasteiger partial charge is 0.504 e. The first-order valence-corrected chi connectivity index (χ1v) is 11.1. The van der Waals surface area contributed by atoms with Crippen LogP contribution in [0, 0.1) is 20.8 Å². The van der Waals surface area contributed by atoms with Crippen LogP contribution in [0.5, 0.6) is 17.2 Å². The van der Waals surface area contributed by atoms with Gasteiger partial charge in [0.1, 0.15) is 5.75 Å². The molecule has 0 aliphatic carbocycles.